The molecule has 1 unspecified atom stereocenters. The zero-order valence-electron chi connectivity index (χ0n) is 73.3. The number of methoxy groups -OCH3 is 6. The summed E-state index contributed by atoms with van der Waals surface area (Å²) in [6.45, 7) is 15.9. The molecule has 6 aliphatic heterocycles. The van der Waals surface area contributed by atoms with Crippen LogP contribution < -0.4 is 73.7 Å². The molecular weight excluding hydrogens is 2280 g/mol. The third kappa shape index (κ3) is 61.1. The van der Waals surface area contributed by atoms with E-state index >= 15 is 0 Å². The molecule has 6 heterocycles. The van der Waals surface area contributed by atoms with Gasteiger partial charge < -0.3 is 118 Å². The van der Waals surface area contributed by atoms with Crippen LogP contribution in [-0.2, 0) is 110 Å². The Morgan fingerprint density at radius 2 is 0.887 bits per heavy atom. The molecule has 0 saturated carbocycles. The number of aliphatic hydroxyl groups excluding tert-OH is 1. The number of hydrogen-bond donors (Lipinski definition) is 15. The Hall–Kier alpha value is -3.68. The minimum absolute atomic E-state index is 0. The van der Waals surface area contributed by atoms with Crippen LogP contribution in [0.5, 0.6) is 0 Å². The number of ether oxygens (including phenoxy) is 12. The van der Waals surface area contributed by atoms with Gasteiger partial charge in [-0.2, -0.15) is 0 Å². The molecule has 124 heavy (non-hydrogen) atoms. The van der Waals surface area contributed by atoms with Gasteiger partial charge in [0, 0.05) is 183 Å². The number of hydroxylamine groups is 1. The van der Waals surface area contributed by atoms with Crippen LogP contribution in [0.1, 0.15) is 162 Å². The number of aliphatic hydroxyl groups is 1. The van der Waals surface area contributed by atoms with Gasteiger partial charge in [-0.05, 0) is 56.7 Å². The third-order valence-electron chi connectivity index (χ3n) is 17.9. The van der Waals surface area contributed by atoms with Crippen molar-refractivity contribution in [1.29, 1.82) is 0 Å². The predicted molar refractivity (Wildman–Crippen MR) is 442 cm³/mol. The van der Waals surface area contributed by atoms with E-state index in [-0.39, 0.29) is 292 Å². The number of nitrogens with two attached hydrogens (primary N) is 3. The van der Waals surface area contributed by atoms with Gasteiger partial charge in [0.15, 0.2) is 5.78 Å². The molecule has 0 aromatic heterocycles. The number of aliphatic carboxylic acids is 1. The number of nitrogens with one attached hydrogen (secondary N) is 5. The zero-order valence-corrected chi connectivity index (χ0v) is 89.6. The second-order valence-electron chi connectivity index (χ2n) is 26.5. The SMILES string of the molecule is C.CCCCCC(=O)N[C@@H]1COC[C@@H]1C(=O)NO.CCCCCC(=O)N[C@@H]1COC[C@@H]1C(=O)OC.CCCCCC(=O)O.COC(=O)C1=C(N[C@H](C)c2ccccc2)COC1.COC(=O)C1COCC1=O.COC(=O)CO.COC(=O)[C@H]1COC[C@H]1N.COC(=O)[C@H]1COC[C@H]1N[C@H](C)c1ccccc1.C[C@@H](N)c1ccccc1.NO.OO.[Ac].[Ac].[Ac].[B-]O.[HH].[Na+]. The number of amides is 3. The van der Waals surface area contributed by atoms with Crippen molar-refractivity contribution in [3.05, 3.63) is 119 Å². The second-order valence-corrected chi connectivity index (χ2v) is 26.5. The van der Waals surface area contributed by atoms with Gasteiger partial charge in [-0.1, -0.05) is 158 Å². The van der Waals surface area contributed by atoms with E-state index in [0.29, 0.717) is 84.3 Å². The number of carbonyl (C=O) groups is 11. The van der Waals surface area contributed by atoms with Crippen LogP contribution in [0.25, 0.3) is 0 Å². The quantitative estimate of drug-likeness (QED) is 0.00719. The Kier molecular flexibility index (Phi) is 97.0. The van der Waals surface area contributed by atoms with Crippen LogP contribution in [-0.4, -0.2) is 262 Å². The molecule has 6 radical (unpaired) electrons. The second kappa shape index (κ2) is 88.6. The standard InChI is InChI=1S/C14H19NO3.C14H17NO3.C12H21NO4.C11H20N2O4.C8H11N.C6H11NO3.C6H8O4.C6H12O2.C3H6O3.CH4.3Ac.BHO.H3NO.Na.H2O2.H2/c2*1-10(11-6-4-3-5-7-11)15-13-9-18-8-12(13)14(16)17-2;1-3-4-5-6-11(14)13-10-8-17-7-9(10)12(15)16-2;1-2-3-4-5-10(14)12-9-7-17-6-8(9)11(15)13-16;1-7(9)8-5-3-2-4-6-8;2*1-9-6(8)4-2-10-3-5(4)7;1-2-3-4-5-6(7)8;1-6-3(5)2-4;;;;;2*1-2;;1-2;/h3-7,10,12-13,15H,8-9H2,1-2H3;3-7,10,15H,8-9H2,1-2H3;9-10H,3-8H2,1-2H3,(H,13,14);8-9,16H,2-7H2,1H3,(H,12,14)(H,13,15);2-7H,9H2,1H3;4-5H,2-3,7H2,1H3;4H,2-3H2,1H3;2-5H2,1H3,(H,7,8);4H,2H2,1H3;1H4;;;;2H;2H,1H2;;1-2H;1H/q;;;;;;;;;;;;;-1;;+1;;/t10-,12+,13-;10-;9-,10+;8-,9+;7-;4-,5+;;;;;;;;;;;;/m110010............/s1. The fourth-order valence-electron chi connectivity index (χ4n) is 11.1. The Bertz CT molecular complexity index is 3240. The Labute approximate surface area is 861 Å². The molecule has 3 aromatic rings. The van der Waals surface area contributed by atoms with Crippen molar-refractivity contribution in [2.45, 2.75) is 168 Å². The largest absolute Gasteiger partial charge is 1.00 e. The minimum Gasteiger partial charge on any atom is -0.715 e. The number of carboxylic acid groups (broad SMARTS) is 1. The van der Waals surface area contributed by atoms with Gasteiger partial charge in [0.25, 0.3) is 5.91 Å². The van der Waals surface area contributed by atoms with Crippen LogP contribution in [0.2, 0.25) is 0 Å². The van der Waals surface area contributed by atoms with Crippen LogP contribution in [0.3, 0.4) is 0 Å². The molecule has 18 N–H and O–H groups in total. The van der Waals surface area contributed by atoms with E-state index in [9.17, 15) is 52.7 Å². The fourth-order valence-corrected chi connectivity index (χ4v) is 11.1. The van der Waals surface area contributed by atoms with Gasteiger partial charge in [0.05, 0.1) is 156 Å². The van der Waals surface area contributed by atoms with Gasteiger partial charge in [0.1, 0.15) is 25.0 Å². The first-order valence-electron chi connectivity index (χ1n) is 38.6. The third-order valence-corrected chi connectivity index (χ3v) is 17.9. The maximum atomic E-state index is 11.6. The maximum absolute atomic E-state index is 11.6. The average molecular weight is 2420 g/mol. The summed E-state index contributed by atoms with van der Waals surface area (Å²) in [4.78, 5) is 121. The van der Waals surface area contributed by atoms with E-state index in [2.05, 4.69) is 101 Å². The van der Waals surface area contributed by atoms with Crippen molar-refractivity contribution in [2.75, 3.05) is 129 Å². The molecule has 12 atom stereocenters. The summed E-state index contributed by atoms with van der Waals surface area (Å²) in [5, 5.41) is 61.9. The van der Waals surface area contributed by atoms with Gasteiger partial charge in [0.2, 0.25) is 11.8 Å². The molecule has 43 heteroatoms. The molecular formula is C81H137Ac3BN8NaO30. The van der Waals surface area contributed by atoms with E-state index in [1.54, 1.807) is 5.48 Å². The maximum Gasteiger partial charge on any atom is 1.00 e. The summed E-state index contributed by atoms with van der Waals surface area (Å²) < 4.78 is 57.8. The zero-order chi connectivity index (χ0) is 90.5. The first kappa shape index (κ1) is 136. The number of ketones is 1. The van der Waals surface area contributed by atoms with Crippen LogP contribution in [0, 0.1) is 162 Å². The van der Waals surface area contributed by atoms with Crippen molar-refractivity contribution < 1.29 is 309 Å². The Morgan fingerprint density at radius 3 is 1.24 bits per heavy atom. The molecule has 0 aliphatic carbocycles. The minimum atomic E-state index is -0.682. The van der Waals surface area contributed by atoms with E-state index in [4.69, 9.17) is 85.5 Å². The van der Waals surface area contributed by atoms with Crippen molar-refractivity contribution in [3.8, 4) is 0 Å². The molecule has 6 aliphatic rings. The van der Waals surface area contributed by atoms with Crippen molar-refractivity contribution in [2.24, 2.45) is 47.0 Å². The van der Waals surface area contributed by atoms with Crippen molar-refractivity contribution >= 4 is 73.3 Å². The van der Waals surface area contributed by atoms with Crippen molar-refractivity contribution in [3.63, 3.8) is 0 Å². The van der Waals surface area contributed by atoms with Crippen LogP contribution >= 0.6 is 0 Å². The number of hydrogen-bond acceptors (Lipinski definition) is 34. The molecule has 9 rings (SSSR count). The molecule has 3 amide bonds. The number of Topliss-reactive ketones (excluding diaryl/α,β-unsaturated/α-hetero) is 1. The van der Waals surface area contributed by atoms with Crippen LogP contribution in [0.4, 0.5) is 0 Å². The number of rotatable bonds is 28. The summed E-state index contributed by atoms with van der Waals surface area (Å²) in [6.07, 6.45) is 10.2. The molecule has 694 valence electrons. The predicted octanol–water partition coefficient (Wildman–Crippen LogP) is 1.71. The fraction of sp³-hybridized carbons (Fsp3) is 0.617. The summed E-state index contributed by atoms with van der Waals surface area (Å²) in [7, 11) is 11.5. The van der Waals surface area contributed by atoms with Gasteiger partial charge in [-0.15, -0.1) is 0 Å². The average Bonchev–Trinajstić information content (AvgIpc) is 1.71. The number of unbranched alkanes of at least 4 members (excludes halogenated alkanes) is 6. The van der Waals surface area contributed by atoms with E-state index in [1.165, 1.54) is 59.3 Å². The molecule has 3 aromatic carbocycles. The first-order chi connectivity index (χ1) is 57.2. The topological polar surface area (TPSA) is 578 Å². The van der Waals surface area contributed by atoms with Gasteiger partial charge in [-0.3, -0.25) is 58.9 Å². The van der Waals surface area contributed by atoms with E-state index < -0.39 is 42.3 Å². The monoisotopic (exact) mass is 2420 g/mol. The summed E-state index contributed by atoms with van der Waals surface area (Å²) >= 11 is 0. The molecule has 0 bridgehead atoms. The number of esters is 6. The summed E-state index contributed by atoms with van der Waals surface area (Å²) in [5.74, 6) is -2.19. The van der Waals surface area contributed by atoms with Crippen molar-refractivity contribution in [1.82, 2.24) is 26.7 Å². The molecule has 5 fully saturated rings. The van der Waals surface area contributed by atoms with Gasteiger partial charge >= 0.3 is 71.3 Å². The Balaban J connectivity index is -0.000000174. The normalized spacial score (nSPS) is 19.1. The smallest absolute Gasteiger partial charge is 0.715 e. The summed E-state index contributed by atoms with van der Waals surface area (Å²) in [6, 6.07) is 30.0. The molecule has 38 nitrogen and oxygen atoms in total. The first-order valence-corrected chi connectivity index (χ1v) is 38.6. The summed E-state index contributed by atoms with van der Waals surface area (Å²) in [5.41, 5.74) is 17.7. The molecule has 0 spiro atoms. The van der Waals surface area contributed by atoms with E-state index in [0.717, 1.165) is 63.5 Å². The molecule has 5 saturated heterocycles. The van der Waals surface area contributed by atoms with Crippen LogP contribution in [0.15, 0.2) is 102 Å². The Morgan fingerprint density at radius 1 is 0.500 bits per heavy atom. The number of carbonyl (C=O) groups excluding carboxylic acids is 10. The number of benzene rings is 3. The number of carboxylic acids is 1. The van der Waals surface area contributed by atoms with E-state index in [1.807, 2.05) is 85.8 Å². The van der Waals surface area contributed by atoms with Gasteiger partial charge in [-0.25, -0.2) is 21.0 Å².